The fourth-order valence-electron chi connectivity index (χ4n) is 1.39. The van der Waals surface area contributed by atoms with Gasteiger partial charge in [0.1, 0.15) is 5.15 Å². The molecule has 0 radical (unpaired) electrons. The maximum Gasteiger partial charge on any atom is 0.273 e. The number of hydrogen-bond acceptors (Lipinski definition) is 3. The third kappa shape index (κ3) is 3.43. The summed E-state index contributed by atoms with van der Waals surface area (Å²) < 4.78 is 0. The molecule has 5 nitrogen and oxygen atoms in total. The monoisotopic (exact) mass is 269 g/mol. The van der Waals surface area contributed by atoms with Gasteiger partial charge >= 0.3 is 0 Å². The van der Waals surface area contributed by atoms with Gasteiger partial charge in [0.25, 0.3) is 5.91 Å². The number of carbonyl (C=O) groups excluding carboxylic acids is 2. The van der Waals surface area contributed by atoms with Crippen LogP contribution in [0.25, 0.3) is 0 Å². The Morgan fingerprint density at radius 1 is 1.28 bits per heavy atom. The predicted molar refractivity (Wildman–Crippen MR) is 69.2 cm³/mol. The van der Waals surface area contributed by atoms with Gasteiger partial charge in [-0.1, -0.05) is 25.4 Å². The van der Waals surface area contributed by atoms with Crippen LogP contribution in [0.4, 0.5) is 0 Å². The summed E-state index contributed by atoms with van der Waals surface area (Å²) >= 11 is 5.92. The van der Waals surface area contributed by atoms with Crippen molar-refractivity contribution in [1.29, 1.82) is 0 Å². The minimum absolute atomic E-state index is 0.129. The van der Waals surface area contributed by atoms with E-state index in [0.29, 0.717) is 5.56 Å². The number of halogens is 1. The van der Waals surface area contributed by atoms with Crippen LogP contribution in [0.15, 0.2) is 6.07 Å². The van der Waals surface area contributed by atoms with Crippen molar-refractivity contribution < 1.29 is 9.59 Å². The van der Waals surface area contributed by atoms with Crippen molar-refractivity contribution in [2.45, 2.75) is 27.7 Å². The number of pyridine rings is 1. The molecule has 0 aromatic carbocycles. The number of rotatable bonds is 2. The fourth-order valence-corrected chi connectivity index (χ4v) is 1.76. The van der Waals surface area contributed by atoms with E-state index in [9.17, 15) is 9.59 Å². The molecule has 1 aromatic rings. The zero-order valence-corrected chi connectivity index (χ0v) is 11.6. The van der Waals surface area contributed by atoms with Crippen LogP contribution >= 0.6 is 11.6 Å². The standard InChI is InChI=1S/C12H16ClN3O2/c1-6(2)11(17)15-16-12(18)9-7(3)5-8(4)14-10(9)13/h5-6H,1-4H3,(H,15,17)(H,16,18). The molecular weight excluding hydrogens is 254 g/mol. The summed E-state index contributed by atoms with van der Waals surface area (Å²) in [6.07, 6.45) is 0. The zero-order chi connectivity index (χ0) is 13.9. The molecule has 0 saturated heterocycles. The molecule has 0 unspecified atom stereocenters. The van der Waals surface area contributed by atoms with E-state index >= 15 is 0 Å². The normalized spacial score (nSPS) is 10.3. The molecule has 6 heteroatoms. The highest BCUT2D eigenvalue weighted by Crippen LogP contribution is 2.18. The molecule has 0 saturated carbocycles. The van der Waals surface area contributed by atoms with Gasteiger partial charge in [0.2, 0.25) is 5.91 Å². The molecular formula is C12H16ClN3O2. The lowest BCUT2D eigenvalue weighted by atomic mass is 10.1. The van der Waals surface area contributed by atoms with Gasteiger partial charge in [0, 0.05) is 11.6 Å². The third-order valence-corrected chi connectivity index (χ3v) is 2.62. The topological polar surface area (TPSA) is 71.1 Å². The van der Waals surface area contributed by atoms with Gasteiger partial charge in [-0.25, -0.2) is 4.98 Å². The molecule has 1 heterocycles. The lowest BCUT2D eigenvalue weighted by Crippen LogP contribution is -2.43. The van der Waals surface area contributed by atoms with Gasteiger partial charge in [-0.15, -0.1) is 0 Å². The lowest BCUT2D eigenvalue weighted by molar-refractivity contribution is -0.124. The number of hydrogen-bond donors (Lipinski definition) is 2. The van der Waals surface area contributed by atoms with Crippen LogP contribution in [0.5, 0.6) is 0 Å². The van der Waals surface area contributed by atoms with Crippen LogP contribution in [0, 0.1) is 19.8 Å². The van der Waals surface area contributed by atoms with Crippen molar-refractivity contribution in [1.82, 2.24) is 15.8 Å². The Morgan fingerprint density at radius 2 is 1.89 bits per heavy atom. The van der Waals surface area contributed by atoms with Gasteiger partial charge in [0.15, 0.2) is 0 Å². The Morgan fingerprint density at radius 3 is 2.39 bits per heavy atom. The van der Waals surface area contributed by atoms with E-state index in [0.717, 1.165) is 5.69 Å². The van der Waals surface area contributed by atoms with Crippen LogP contribution in [0.2, 0.25) is 5.15 Å². The van der Waals surface area contributed by atoms with E-state index in [4.69, 9.17) is 11.6 Å². The second kappa shape index (κ2) is 5.82. The number of aryl methyl sites for hydroxylation is 2. The summed E-state index contributed by atoms with van der Waals surface area (Å²) in [5, 5.41) is 0.129. The molecule has 2 amide bonds. The molecule has 0 atom stereocenters. The van der Waals surface area contributed by atoms with Gasteiger partial charge < -0.3 is 0 Å². The second-order valence-electron chi connectivity index (χ2n) is 4.34. The van der Waals surface area contributed by atoms with E-state index in [2.05, 4.69) is 15.8 Å². The van der Waals surface area contributed by atoms with E-state index in [-0.39, 0.29) is 22.5 Å². The van der Waals surface area contributed by atoms with E-state index in [1.165, 1.54) is 0 Å². The van der Waals surface area contributed by atoms with Crippen molar-refractivity contribution in [3.05, 3.63) is 28.0 Å². The summed E-state index contributed by atoms with van der Waals surface area (Å²) in [4.78, 5) is 27.2. The molecule has 0 bridgehead atoms. The summed E-state index contributed by atoms with van der Waals surface area (Å²) in [7, 11) is 0. The van der Waals surface area contributed by atoms with Crippen LogP contribution in [0.3, 0.4) is 0 Å². The molecule has 0 aliphatic carbocycles. The van der Waals surface area contributed by atoms with Gasteiger partial charge in [-0.05, 0) is 25.5 Å². The molecule has 0 spiro atoms. The zero-order valence-electron chi connectivity index (χ0n) is 10.8. The molecule has 1 aromatic heterocycles. The largest absolute Gasteiger partial charge is 0.273 e. The third-order valence-electron chi connectivity index (χ3n) is 2.35. The van der Waals surface area contributed by atoms with E-state index in [1.807, 2.05) is 0 Å². The average Bonchev–Trinajstić information content (AvgIpc) is 2.24. The van der Waals surface area contributed by atoms with Gasteiger partial charge in [-0.3, -0.25) is 20.4 Å². The molecule has 0 fully saturated rings. The van der Waals surface area contributed by atoms with Gasteiger partial charge in [-0.2, -0.15) is 0 Å². The van der Waals surface area contributed by atoms with Crippen molar-refractivity contribution in [3.8, 4) is 0 Å². The highest BCUT2D eigenvalue weighted by molar-refractivity contribution is 6.32. The van der Waals surface area contributed by atoms with Crippen molar-refractivity contribution >= 4 is 23.4 Å². The Kier molecular flexibility index (Phi) is 4.67. The minimum Gasteiger partial charge on any atom is -0.273 e. The van der Waals surface area contributed by atoms with Crippen LogP contribution < -0.4 is 10.9 Å². The Balaban J connectivity index is 2.83. The molecule has 0 aliphatic heterocycles. The highest BCUT2D eigenvalue weighted by Gasteiger charge is 2.16. The van der Waals surface area contributed by atoms with Crippen molar-refractivity contribution in [2.24, 2.45) is 5.92 Å². The average molecular weight is 270 g/mol. The highest BCUT2D eigenvalue weighted by atomic mass is 35.5. The first-order valence-corrected chi connectivity index (χ1v) is 5.94. The van der Waals surface area contributed by atoms with E-state index in [1.54, 1.807) is 33.8 Å². The van der Waals surface area contributed by atoms with Crippen molar-refractivity contribution in [3.63, 3.8) is 0 Å². The number of nitrogens with one attached hydrogen (secondary N) is 2. The molecule has 18 heavy (non-hydrogen) atoms. The number of carbonyl (C=O) groups is 2. The number of hydrazine groups is 1. The first kappa shape index (κ1) is 14.4. The summed E-state index contributed by atoms with van der Waals surface area (Å²) in [6, 6.07) is 1.76. The number of amides is 2. The fraction of sp³-hybridized carbons (Fsp3) is 0.417. The smallest absolute Gasteiger partial charge is 0.273 e. The summed E-state index contributed by atoms with van der Waals surface area (Å²) in [5.74, 6) is -0.950. The Bertz CT molecular complexity index is 463. The Hall–Kier alpha value is -1.62. The van der Waals surface area contributed by atoms with E-state index < -0.39 is 5.91 Å². The Labute approximate surface area is 111 Å². The summed E-state index contributed by atoms with van der Waals surface area (Å²) in [6.45, 7) is 7.02. The molecule has 0 aliphatic rings. The maximum absolute atomic E-state index is 11.9. The molecule has 1 rings (SSSR count). The molecule has 2 N–H and O–H groups in total. The van der Waals surface area contributed by atoms with Crippen LogP contribution in [0.1, 0.15) is 35.5 Å². The quantitative estimate of drug-likeness (QED) is 0.635. The lowest BCUT2D eigenvalue weighted by Gasteiger charge is -2.11. The van der Waals surface area contributed by atoms with Crippen molar-refractivity contribution in [2.75, 3.05) is 0 Å². The number of aromatic nitrogens is 1. The van der Waals surface area contributed by atoms with Crippen LogP contribution in [-0.4, -0.2) is 16.8 Å². The summed E-state index contributed by atoms with van der Waals surface area (Å²) in [5.41, 5.74) is 6.36. The number of nitrogens with zero attached hydrogens (tertiary/aromatic N) is 1. The first-order valence-electron chi connectivity index (χ1n) is 5.57. The SMILES string of the molecule is Cc1cc(C)c(C(=O)NNC(=O)C(C)C)c(Cl)n1. The predicted octanol–water partition coefficient (Wildman–Crippen LogP) is 1.77. The minimum atomic E-state index is -0.473. The second-order valence-corrected chi connectivity index (χ2v) is 4.70. The van der Waals surface area contributed by atoms with Crippen LogP contribution in [-0.2, 0) is 4.79 Å². The maximum atomic E-state index is 11.9. The molecule has 98 valence electrons. The van der Waals surface area contributed by atoms with Gasteiger partial charge in [0.05, 0.1) is 5.56 Å². The first-order chi connectivity index (χ1) is 8.32.